The van der Waals surface area contributed by atoms with E-state index in [1.54, 1.807) is 13.8 Å². The second kappa shape index (κ2) is 7.53. The third-order valence-electron chi connectivity index (χ3n) is 2.66. The summed E-state index contributed by atoms with van der Waals surface area (Å²) in [4.78, 5) is 10.8. The fraction of sp³-hybridized carbons (Fsp3) is 0.400. The normalized spacial score (nSPS) is 11.3. The second-order valence-corrected chi connectivity index (χ2v) is 4.01. The molecule has 0 atom stereocenters. The highest BCUT2D eigenvalue weighted by Crippen LogP contribution is 2.34. The number of carboxylic acid groups (broad SMARTS) is 1. The molecule has 0 heterocycles. The second-order valence-electron chi connectivity index (χ2n) is 4.01. The van der Waals surface area contributed by atoms with Gasteiger partial charge in [-0.2, -0.15) is 0 Å². The van der Waals surface area contributed by atoms with Gasteiger partial charge in [-0.25, -0.2) is 9.18 Å². The molecular formula is C15H19FO4. The van der Waals surface area contributed by atoms with E-state index in [2.05, 4.69) is 0 Å². The first kappa shape index (κ1) is 16.0. The standard InChI is InChI=1S/C15H19FO4/c1-4-10(7-15(17)18)11-8-13(19-5-2)14(20-6-3)9-12(11)16/h7-9H,4-6H2,1-3H3,(H,17,18)/b10-7+. The molecule has 0 saturated heterocycles. The molecule has 0 aromatic heterocycles. The monoisotopic (exact) mass is 282 g/mol. The van der Waals surface area contributed by atoms with Crippen LogP contribution in [0.5, 0.6) is 11.5 Å². The fourth-order valence-corrected chi connectivity index (χ4v) is 1.84. The van der Waals surface area contributed by atoms with Crippen LogP contribution in [0, 0.1) is 5.82 Å². The molecule has 0 spiro atoms. The van der Waals surface area contributed by atoms with Crippen LogP contribution in [0.25, 0.3) is 5.57 Å². The Bertz CT molecular complexity index is 509. The van der Waals surface area contributed by atoms with Crippen molar-refractivity contribution in [3.8, 4) is 11.5 Å². The Kier molecular flexibility index (Phi) is 6.03. The van der Waals surface area contributed by atoms with Gasteiger partial charge in [0.15, 0.2) is 11.5 Å². The van der Waals surface area contributed by atoms with Crippen LogP contribution in [0.4, 0.5) is 4.39 Å². The third kappa shape index (κ3) is 3.98. The van der Waals surface area contributed by atoms with Crippen molar-refractivity contribution in [2.45, 2.75) is 27.2 Å². The largest absolute Gasteiger partial charge is 0.490 e. The molecule has 0 bridgehead atoms. The van der Waals surface area contributed by atoms with Crippen molar-refractivity contribution < 1.29 is 23.8 Å². The van der Waals surface area contributed by atoms with E-state index in [0.29, 0.717) is 36.7 Å². The van der Waals surface area contributed by atoms with Gasteiger partial charge in [0.05, 0.1) is 13.2 Å². The summed E-state index contributed by atoms with van der Waals surface area (Å²) in [5, 5.41) is 8.82. The number of rotatable bonds is 7. The number of hydrogen-bond donors (Lipinski definition) is 1. The van der Waals surface area contributed by atoms with Crippen molar-refractivity contribution in [3.05, 3.63) is 29.6 Å². The Balaban J connectivity index is 3.33. The topological polar surface area (TPSA) is 55.8 Å². The van der Waals surface area contributed by atoms with Gasteiger partial charge in [0.1, 0.15) is 5.82 Å². The molecule has 0 unspecified atom stereocenters. The van der Waals surface area contributed by atoms with E-state index in [-0.39, 0.29) is 5.56 Å². The van der Waals surface area contributed by atoms with E-state index in [4.69, 9.17) is 14.6 Å². The lowest BCUT2D eigenvalue weighted by Gasteiger charge is -2.14. The molecule has 0 saturated carbocycles. The zero-order chi connectivity index (χ0) is 15.1. The Labute approximate surface area is 117 Å². The lowest BCUT2D eigenvalue weighted by Crippen LogP contribution is -2.02. The van der Waals surface area contributed by atoms with E-state index in [9.17, 15) is 9.18 Å². The average Bonchev–Trinajstić information content (AvgIpc) is 2.39. The highest BCUT2D eigenvalue weighted by Gasteiger charge is 2.15. The summed E-state index contributed by atoms with van der Waals surface area (Å²) in [6.07, 6.45) is 1.41. The highest BCUT2D eigenvalue weighted by molar-refractivity contribution is 5.90. The van der Waals surface area contributed by atoms with Crippen molar-refractivity contribution in [1.82, 2.24) is 0 Å². The van der Waals surface area contributed by atoms with Crippen LogP contribution in [0.15, 0.2) is 18.2 Å². The molecule has 1 rings (SSSR count). The number of aliphatic carboxylic acids is 1. The van der Waals surface area contributed by atoms with Gasteiger partial charge in [-0.3, -0.25) is 0 Å². The Morgan fingerprint density at radius 1 is 1.20 bits per heavy atom. The maximum absolute atomic E-state index is 14.1. The Hall–Kier alpha value is -2.04. The van der Waals surface area contributed by atoms with E-state index in [0.717, 1.165) is 6.08 Å². The van der Waals surface area contributed by atoms with Gasteiger partial charge in [0.25, 0.3) is 0 Å². The predicted octanol–water partition coefficient (Wildman–Crippen LogP) is 3.50. The zero-order valence-electron chi connectivity index (χ0n) is 11.9. The molecule has 0 fully saturated rings. The van der Waals surface area contributed by atoms with Gasteiger partial charge in [-0.1, -0.05) is 6.92 Å². The van der Waals surface area contributed by atoms with Crippen LogP contribution < -0.4 is 9.47 Å². The number of hydrogen-bond acceptors (Lipinski definition) is 3. The number of allylic oxidation sites excluding steroid dienone is 1. The zero-order valence-corrected chi connectivity index (χ0v) is 11.9. The molecule has 0 amide bonds. The molecule has 0 radical (unpaired) electrons. The summed E-state index contributed by atoms with van der Waals surface area (Å²) >= 11 is 0. The minimum atomic E-state index is -1.10. The molecule has 0 aliphatic heterocycles. The molecule has 0 aliphatic carbocycles. The van der Waals surface area contributed by atoms with Crippen molar-refractivity contribution in [2.24, 2.45) is 0 Å². The quantitative estimate of drug-likeness (QED) is 0.778. The van der Waals surface area contributed by atoms with Crippen molar-refractivity contribution in [2.75, 3.05) is 13.2 Å². The van der Waals surface area contributed by atoms with E-state index >= 15 is 0 Å². The van der Waals surface area contributed by atoms with Crippen molar-refractivity contribution >= 4 is 11.5 Å². The van der Waals surface area contributed by atoms with Crippen molar-refractivity contribution in [1.29, 1.82) is 0 Å². The molecule has 1 N–H and O–H groups in total. The number of benzene rings is 1. The van der Waals surface area contributed by atoms with E-state index < -0.39 is 11.8 Å². The minimum Gasteiger partial charge on any atom is -0.490 e. The molecule has 0 aliphatic rings. The first-order valence-electron chi connectivity index (χ1n) is 6.56. The molecule has 4 nitrogen and oxygen atoms in total. The molecule has 1 aromatic carbocycles. The summed E-state index contributed by atoms with van der Waals surface area (Å²) in [5.41, 5.74) is 0.626. The summed E-state index contributed by atoms with van der Waals surface area (Å²) in [6, 6.07) is 2.72. The van der Waals surface area contributed by atoms with Gasteiger partial charge in [-0.15, -0.1) is 0 Å². The van der Waals surface area contributed by atoms with Crippen LogP contribution in [0.1, 0.15) is 32.8 Å². The highest BCUT2D eigenvalue weighted by atomic mass is 19.1. The summed E-state index contributed by atoms with van der Waals surface area (Å²) < 4.78 is 24.8. The first-order valence-corrected chi connectivity index (χ1v) is 6.56. The van der Waals surface area contributed by atoms with Gasteiger partial charge < -0.3 is 14.6 Å². The maximum atomic E-state index is 14.1. The Morgan fingerprint density at radius 3 is 2.20 bits per heavy atom. The minimum absolute atomic E-state index is 0.224. The number of carboxylic acids is 1. The van der Waals surface area contributed by atoms with Gasteiger partial charge in [0, 0.05) is 17.7 Å². The van der Waals surface area contributed by atoms with Crippen LogP contribution >= 0.6 is 0 Å². The van der Waals surface area contributed by atoms with Gasteiger partial charge >= 0.3 is 5.97 Å². The first-order chi connectivity index (χ1) is 9.53. The summed E-state index contributed by atoms with van der Waals surface area (Å²) in [6.45, 7) is 6.18. The molecule has 20 heavy (non-hydrogen) atoms. The number of ether oxygens (including phenoxy) is 2. The summed E-state index contributed by atoms with van der Waals surface area (Å²) in [5.74, 6) is -0.892. The van der Waals surface area contributed by atoms with Gasteiger partial charge in [0.2, 0.25) is 0 Å². The predicted molar refractivity (Wildman–Crippen MR) is 74.6 cm³/mol. The van der Waals surface area contributed by atoms with E-state index in [1.165, 1.54) is 12.1 Å². The SMILES string of the molecule is CCOc1cc(F)c(/C(=C/C(=O)O)CC)cc1OCC. The fourth-order valence-electron chi connectivity index (χ4n) is 1.84. The van der Waals surface area contributed by atoms with Crippen LogP contribution in [0.3, 0.4) is 0 Å². The lowest BCUT2D eigenvalue weighted by molar-refractivity contribution is -0.131. The number of carbonyl (C=O) groups is 1. The Morgan fingerprint density at radius 2 is 1.75 bits per heavy atom. The lowest BCUT2D eigenvalue weighted by atomic mass is 10.0. The van der Waals surface area contributed by atoms with E-state index in [1.807, 2.05) is 6.92 Å². The van der Waals surface area contributed by atoms with Crippen LogP contribution in [0.2, 0.25) is 0 Å². The molecular weight excluding hydrogens is 263 g/mol. The average molecular weight is 282 g/mol. The molecule has 110 valence electrons. The van der Waals surface area contributed by atoms with Gasteiger partial charge in [-0.05, 0) is 31.9 Å². The van der Waals surface area contributed by atoms with Crippen molar-refractivity contribution in [3.63, 3.8) is 0 Å². The van der Waals surface area contributed by atoms with Crippen LogP contribution in [-0.2, 0) is 4.79 Å². The third-order valence-corrected chi connectivity index (χ3v) is 2.66. The smallest absolute Gasteiger partial charge is 0.328 e. The number of halogens is 1. The van der Waals surface area contributed by atoms with Crippen LogP contribution in [-0.4, -0.2) is 24.3 Å². The summed E-state index contributed by atoms with van der Waals surface area (Å²) in [7, 11) is 0. The molecule has 5 heteroatoms. The maximum Gasteiger partial charge on any atom is 0.328 e. The molecule has 1 aromatic rings.